The van der Waals surface area contributed by atoms with Crippen LogP contribution in [0.1, 0.15) is 21.5 Å². The van der Waals surface area contributed by atoms with Crippen molar-refractivity contribution in [3.8, 4) is 23.0 Å². The van der Waals surface area contributed by atoms with Crippen molar-refractivity contribution in [2.24, 2.45) is 0 Å². The van der Waals surface area contributed by atoms with Gasteiger partial charge in [-0.05, 0) is 71.4 Å². The average Bonchev–Trinajstić information content (AvgIpc) is 3.43. The van der Waals surface area contributed by atoms with Crippen LogP contribution in [0, 0.1) is 0 Å². The molecule has 0 atom stereocenters. The molecule has 0 bridgehead atoms. The van der Waals surface area contributed by atoms with E-state index in [2.05, 4.69) is 0 Å². The summed E-state index contributed by atoms with van der Waals surface area (Å²) in [6.45, 7) is 0.0882. The summed E-state index contributed by atoms with van der Waals surface area (Å²) in [5.41, 5.74) is 1.53. The lowest BCUT2D eigenvalue weighted by molar-refractivity contribution is -0.123. The molecular formula is C26H18ClNO7S. The molecule has 182 valence electrons. The topological polar surface area (TPSA) is 91.4 Å². The van der Waals surface area contributed by atoms with Gasteiger partial charge in [-0.25, -0.2) is 4.79 Å². The summed E-state index contributed by atoms with van der Waals surface area (Å²) in [5, 5.41) is -0.0456. The van der Waals surface area contributed by atoms with Crippen LogP contribution in [0.4, 0.5) is 4.79 Å². The third-order valence-corrected chi connectivity index (χ3v) is 6.70. The van der Waals surface area contributed by atoms with Gasteiger partial charge in [0.1, 0.15) is 11.5 Å². The molecule has 0 N–H and O–H groups in total. The van der Waals surface area contributed by atoms with Gasteiger partial charge in [-0.1, -0.05) is 23.7 Å². The van der Waals surface area contributed by atoms with Gasteiger partial charge >= 0.3 is 5.97 Å². The van der Waals surface area contributed by atoms with Crippen molar-refractivity contribution < 1.29 is 33.3 Å². The number of hydrogen-bond donors (Lipinski definition) is 0. The lowest BCUT2D eigenvalue weighted by Crippen LogP contribution is -2.27. The van der Waals surface area contributed by atoms with Crippen molar-refractivity contribution >= 4 is 46.6 Å². The van der Waals surface area contributed by atoms with E-state index in [1.807, 2.05) is 0 Å². The highest BCUT2D eigenvalue weighted by atomic mass is 35.5. The maximum Gasteiger partial charge on any atom is 0.343 e. The Bertz CT molecular complexity index is 1400. The van der Waals surface area contributed by atoms with Crippen LogP contribution in [0.2, 0.25) is 5.02 Å². The fraction of sp³-hybridized carbons (Fsp3) is 0.115. The zero-order valence-corrected chi connectivity index (χ0v) is 20.4. The lowest BCUT2D eigenvalue weighted by Gasteiger charge is -2.14. The van der Waals surface area contributed by atoms with Crippen molar-refractivity contribution in [3.05, 3.63) is 87.3 Å². The molecule has 1 saturated heterocycles. The van der Waals surface area contributed by atoms with Crippen molar-refractivity contribution in [2.45, 2.75) is 6.54 Å². The van der Waals surface area contributed by atoms with Gasteiger partial charge in [0.25, 0.3) is 11.1 Å². The third-order valence-electron chi connectivity index (χ3n) is 5.44. The second-order valence-electron chi connectivity index (χ2n) is 7.76. The maximum atomic E-state index is 13.0. The molecule has 0 unspecified atom stereocenters. The number of amides is 2. The van der Waals surface area contributed by atoms with Crippen molar-refractivity contribution in [2.75, 3.05) is 13.9 Å². The molecule has 2 aliphatic rings. The standard InChI is InChI=1S/C26H18ClNO7S/c1-32-18-7-5-16(6-8-18)25(30)35-19-4-2-3-15(9-19)10-23-24(29)28(26(31)36-23)13-17-11-21-22(12-20(17)27)34-14-33-21/h2-12H,13-14H2,1H3/b23-10-. The van der Waals surface area contributed by atoms with Gasteiger partial charge < -0.3 is 18.9 Å². The minimum Gasteiger partial charge on any atom is -0.497 e. The molecule has 3 aromatic carbocycles. The van der Waals surface area contributed by atoms with Crippen LogP contribution in [0.25, 0.3) is 6.08 Å². The van der Waals surface area contributed by atoms with Gasteiger partial charge in [0, 0.05) is 11.1 Å². The number of fused-ring (bicyclic) bond motifs is 1. The number of carbonyl (C=O) groups is 3. The van der Waals surface area contributed by atoms with E-state index in [0.29, 0.717) is 44.7 Å². The Balaban J connectivity index is 1.30. The minimum absolute atomic E-state index is 0.00298. The van der Waals surface area contributed by atoms with Crippen LogP contribution in [-0.4, -0.2) is 35.9 Å². The summed E-state index contributed by atoms with van der Waals surface area (Å²) >= 11 is 7.14. The lowest BCUT2D eigenvalue weighted by atomic mass is 10.1. The normalized spacial score (nSPS) is 15.5. The fourth-order valence-electron chi connectivity index (χ4n) is 3.60. The fourth-order valence-corrected chi connectivity index (χ4v) is 4.65. The molecule has 3 aromatic rings. The molecule has 36 heavy (non-hydrogen) atoms. The number of nitrogens with zero attached hydrogens (tertiary/aromatic N) is 1. The number of hydrogen-bond acceptors (Lipinski definition) is 8. The number of thioether (sulfide) groups is 1. The van der Waals surface area contributed by atoms with E-state index in [1.165, 1.54) is 0 Å². The van der Waals surface area contributed by atoms with Crippen molar-refractivity contribution in [3.63, 3.8) is 0 Å². The molecular weight excluding hydrogens is 506 g/mol. The SMILES string of the molecule is COc1ccc(C(=O)Oc2cccc(/C=C3\SC(=O)N(Cc4cc5c(cc4Cl)OCO5)C3=O)c2)cc1. The van der Waals surface area contributed by atoms with E-state index in [0.717, 1.165) is 16.7 Å². The van der Waals surface area contributed by atoms with Crippen molar-refractivity contribution in [1.29, 1.82) is 0 Å². The average molecular weight is 524 g/mol. The molecule has 1 fully saturated rings. The quantitative estimate of drug-likeness (QED) is 0.236. The molecule has 0 aliphatic carbocycles. The first-order valence-electron chi connectivity index (χ1n) is 10.7. The summed E-state index contributed by atoms with van der Waals surface area (Å²) in [5.74, 6) is 0.984. The Morgan fingerprint density at radius 1 is 1.06 bits per heavy atom. The summed E-state index contributed by atoms with van der Waals surface area (Å²) < 4.78 is 21.2. The van der Waals surface area contributed by atoms with E-state index in [1.54, 1.807) is 73.8 Å². The van der Waals surface area contributed by atoms with Gasteiger partial charge in [-0.3, -0.25) is 14.5 Å². The molecule has 0 spiro atoms. The predicted molar refractivity (Wildman–Crippen MR) is 133 cm³/mol. The van der Waals surface area contributed by atoms with Crippen LogP contribution >= 0.6 is 23.4 Å². The monoisotopic (exact) mass is 523 g/mol. The number of halogens is 1. The van der Waals surface area contributed by atoms with Crippen LogP contribution in [0.15, 0.2) is 65.6 Å². The van der Waals surface area contributed by atoms with Crippen LogP contribution in [0.3, 0.4) is 0 Å². The molecule has 10 heteroatoms. The minimum atomic E-state index is -0.532. The maximum absolute atomic E-state index is 13.0. The van der Waals surface area contributed by atoms with Gasteiger partial charge in [0.05, 0.1) is 24.1 Å². The number of imide groups is 1. The van der Waals surface area contributed by atoms with Gasteiger partial charge in [-0.15, -0.1) is 0 Å². The van der Waals surface area contributed by atoms with Gasteiger partial charge in [-0.2, -0.15) is 0 Å². The second-order valence-corrected chi connectivity index (χ2v) is 9.16. The van der Waals surface area contributed by atoms with Gasteiger partial charge in [0.2, 0.25) is 6.79 Å². The summed E-state index contributed by atoms with van der Waals surface area (Å²) in [4.78, 5) is 39.4. The number of carbonyl (C=O) groups excluding carboxylic acids is 3. The van der Waals surface area contributed by atoms with Crippen molar-refractivity contribution in [1.82, 2.24) is 4.90 Å². The van der Waals surface area contributed by atoms with E-state index in [4.69, 9.17) is 30.5 Å². The van der Waals surface area contributed by atoms with E-state index in [9.17, 15) is 14.4 Å². The van der Waals surface area contributed by atoms with E-state index < -0.39 is 17.1 Å². The molecule has 0 saturated carbocycles. The number of rotatable bonds is 6. The number of methoxy groups -OCH3 is 1. The summed E-state index contributed by atoms with van der Waals surface area (Å²) in [7, 11) is 1.54. The third kappa shape index (κ3) is 4.89. The molecule has 0 radical (unpaired) electrons. The summed E-state index contributed by atoms with van der Waals surface area (Å²) in [6.07, 6.45) is 1.58. The zero-order valence-electron chi connectivity index (χ0n) is 18.9. The molecule has 0 aromatic heterocycles. The highest BCUT2D eigenvalue weighted by Crippen LogP contribution is 2.39. The van der Waals surface area contributed by atoms with E-state index >= 15 is 0 Å². The van der Waals surface area contributed by atoms with Gasteiger partial charge in [0.15, 0.2) is 11.5 Å². The molecule has 2 heterocycles. The Hall–Kier alpha value is -3.95. The molecule has 2 aliphatic heterocycles. The summed E-state index contributed by atoms with van der Waals surface area (Å²) in [6, 6.07) is 16.5. The Kier molecular flexibility index (Phi) is 6.58. The first kappa shape index (κ1) is 23.8. The second kappa shape index (κ2) is 9.96. The number of esters is 1. The van der Waals surface area contributed by atoms with Crippen LogP contribution < -0.4 is 18.9 Å². The highest BCUT2D eigenvalue weighted by Gasteiger charge is 2.35. The number of benzene rings is 3. The Morgan fingerprint density at radius 2 is 1.81 bits per heavy atom. The smallest absolute Gasteiger partial charge is 0.343 e. The van der Waals surface area contributed by atoms with Crippen LogP contribution in [-0.2, 0) is 11.3 Å². The molecule has 2 amide bonds. The molecule has 8 nitrogen and oxygen atoms in total. The van der Waals surface area contributed by atoms with Crippen LogP contribution in [0.5, 0.6) is 23.0 Å². The largest absolute Gasteiger partial charge is 0.497 e. The molecule has 5 rings (SSSR count). The first-order valence-corrected chi connectivity index (χ1v) is 11.9. The zero-order chi connectivity index (χ0) is 25.2. The predicted octanol–water partition coefficient (Wildman–Crippen LogP) is 5.53. The Labute approximate surface area is 215 Å². The van der Waals surface area contributed by atoms with E-state index in [-0.39, 0.29) is 18.2 Å². The Morgan fingerprint density at radius 3 is 2.56 bits per heavy atom. The first-order chi connectivity index (χ1) is 17.4. The highest BCUT2D eigenvalue weighted by molar-refractivity contribution is 8.18. The number of ether oxygens (including phenoxy) is 4.